The summed E-state index contributed by atoms with van der Waals surface area (Å²) in [6.07, 6.45) is 7.84. The van der Waals surface area contributed by atoms with Gasteiger partial charge in [0, 0.05) is 43.5 Å². The average Bonchev–Trinajstić information content (AvgIpc) is 3.56. The van der Waals surface area contributed by atoms with Gasteiger partial charge in [-0.25, -0.2) is 9.83 Å². The van der Waals surface area contributed by atoms with E-state index in [0.29, 0.717) is 18.0 Å². The lowest BCUT2D eigenvalue weighted by atomic mass is 9.95. The van der Waals surface area contributed by atoms with Crippen LogP contribution < -0.4 is 0 Å². The Labute approximate surface area is 193 Å². The second-order valence-electron chi connectivity index (χ2n) is 9.98. The van der Waals surface area contributed by atoms with Crippen molar-refractivity contribution in [3.05, 3.63) is 41.6 Å². The molecule has 0 N–H and O–H groups in total. The standard InChI is InChI=1S/C26H29N5O2/c1-16-11-20(9-10-33-16)31-25-21-12-19(27-2)6-7-22(21)28-13-23(25)29-26(31)18-5-8-24(32)30(15-18)14-17-3-4-17/h6-7,12-13,16-18,20H,3-5,8-11,14-15H2,1H3/t16-,18?,20-/m1/s1. The number of carbonyl (C=O) groups is 1. The molecule has 3 fully saturated rings. The maximum absolute atomic E-state index is 12.6. The molecule has 2 aliphatic heterocycles. The number of amides is 1. The summed E-state index contributed by atoms with van der Waals surface area (Å²) in [5.74, 6) is 2.25. The van der Waals surface area contributed by atoms with Crippen molar-refractivity contribution in [2.75, 3.05) is 19.7 Å². The van der Waals surface area contributed by atoms with E-state index >= 15 is 0 Å². The van der Waals surface area contributed by atoms with Crippen LogP contribution in [0.3, 0.4) is 0 Å². The summed E-state index contributed by atoms with van der Waals surface area (Å²) in [7, 11) is 0. The number of likely N-dealkylation sites (tertiary alicyclic amines) is 1. The molecule has 2 saturated heterocycles. The highest BCUT2D eigenvalue weighted by Gasteiger charge is 2.35. The molecule has 0 bridgehead atoms. The van der Waals surface area contributed by atoms with Crippen LogP contribution in [0.4, 0.5) is 5.69 Å². The predicted octanol–water partition coefficient (Wildman–Crippen LogP) is 4.99. The number of carbonyl (C=O) groups excluding carboxylic acids is 1. The van der Waals surface area contributed by atoms with Crippen LogP contribution in [0.1, 0.15) is 63.2 Å². The van der Waals surface area contributed by atoms with Crippen LogP contribution in [-0.2, 0) is 9.53 Å². The van der Waals surface area contributed by atoms with Crippen LogP contribution in [0.2, 0.25) is 0 Å². The third kappa shape index (κ3) is 3.76. The maximum atomic E-state index is 12.6. The predicted molar refractivity (Wildman–Crippen MR) is 126 cm³/mol. The van der Waals surface area contributed by atoms with Gasteiger partial charge in [-0.15, -0.1) is 0 Å². The minimum Gasteiger partial charge on any atom is -0.378 e. The van der Waals surface area contributed by atoms with Gasteiger partial charge in [0.2, 0.25) is 5.91 Å². The number of hydrogen-bond acceptors (Lipinski definition) is 4. The fraction of sp³-hybridized carbons (Fsp3) is 0.538. The number of benzene rings is 1. The van der Waals surface area contributed by atoms with Crippen LogP contribution in [-0.4, -0.2) is 51.1 Å². The van der Waals surface area contributed by atoms with Gasteiger partial charge in [-0.3, -0.25) is 9.78 Å². The zero-order chi connectivity index (χ0) is 22.5. The molecule has 2 aromatic heterocycles. The van der Waals surface area contributed by atoms with Crippen LogP contribution in [0, 0.1) is 12.5 Å². The van der Waals surface area contributed by atoms with Crippen molar-refractivity contribution >= 4 is 33.5 Å². The molecular formula is C26H29N5O2. The van der Waals surface area contributed by atoms with Gasteiger partial charge in [0.1, 0.15) is 11.3 Å². The highest BCUT2D eigenvalue weighted by atomic mass is 16.5. The van der Waals surface area contributed by atoms with Crippen molar-refractivity contribution in [2.45, 2.75) is 63.5 Å². The van der Waals surface area contributed by atoms with Crippen LogP contribution in [0.15, 0.2) is 24.4 Å². The van der Waals surface area contributed by atoms with E-state index < -0.39 is 0 Å². The Morgan fingerprint density at radius 3 is 2.88 bits per heavy atom. The minimum absolute atomic E-state index is 0.195. The van der Waals surface area contributed by atoms with Gasteiger partial charge in [0.05, 0.1) is 29.9 Å². The first-order valence-corrected chi connectivity index (χ1v) is 12.2. The molecule has 1 saturated carbocycles. The van der Waals surface area contributed by atoms with Gasteiger partial charge in [0.15, 0.2) is 5.69 Å². The normalized spacial score (nSPS) is 26.1. The lowest BCUT2D eigenvalue weighted by Crippen LogP contribution is -2.41. The quantitative estimate of drug-likeness (QED) is 0.533. The highest BCUT2D eigenvalue weighted by molar-refractivity contribution is 6.03. The Morgan fingerprint density at radius 1 is 1.21 bits per heavy atom. The van der Waals surface area contributed by atoms with E-state index in [9.17, 15) is 4.79 Å². The third-order valence-electron chi connectivity index (χ3n) is 7.52. The first kappa shape index (κ1) is 20.6. The summed E-state index contributed by atoms with van der Waals surface area (Å²) in [6.45, 7) is 12.0. The van der Waals surface area contributed by atoms with E-state index in [1.807, 2.05) is 24.4 Å². The fourth-order valence-electron chi connectivity index (χ4n) is 5.63. The Kier molecular flexibility index (Phi) is 5.06. The first-order valence-electron chi connectivity index (χ1n) is 12.2. The lowest BCUT2D eigenvalue weighted by molar-refractivity contribution is -0.134. The zero-order valence-corrected chi connectivity index (χ0v) is 19.0. The molecule has 1 unspecified atom stereocenters. The molecule has 3 aliphatic rings. The lowest BCUT2D eigenvalue weighted by Gasteiger charge is -2.35. The van der Waals surface area contributed by atoms with Gasteiger partial charge in [-0.1, -0.05) is 6.07 Å². The monoisotopic (exact) mass is 443 g/mol. The number of ether oxygens (including phenoxy) is 1. The second kappa shape index (κ2) is 8.11. The molecule has 7 heteroatoms. The van der Waals surface area contributed by atoms with Crippen molar-refractivity contribution in [2.24, 2.45) is 5.92 Å². The second-order valence-corrected chi connectivity index (χ2v) is 9.98. The van der Waals surface area contributed by atoms with Crippen molar-refractivity contribution in [1.29, 1.82) is 0 Å². The Morgan fingerprint density at radius 2 is 2.09 bits per heavy atom. The Hall–Kier alpha value is -2.98. The van der Waals surface area contributed by atoms with E-state index in [0.717, 1.165) is 66.7 Å². The first-order chi connectivity index (χ1) is 16.1. The van der Waals surface area contributed by atoms with Crippen molar-refractivity contribution < 1.29 is 9.53 Å². The van der Waals surface area contributed by atoms with Crippen molar-refractivity contribution in [3.8, 4) is 0 Å². The van der Waals surface area contributed by atoms with E-state index in [1.165, 1.54) is 12.8 Å². The number of rotatable bonds is 4. The number of piperidine rings is 1. The highest BCUT2D eigenvalue weighted by Crippen LogP contribution is 2.39. The van der Waals surface area contributed by atoms with Crippen molar-refractivity contribution in [1.82, 2.24) is 19.4 Å². The molecule has 4 heterocycles. The molecular weight excluding hydrogens is 414 g/mol. The molecule has 1 aliphatic carbocycles. The molecule has 1 amide bonds. The van der Waals surface area contributed by atoms with Crippen molar-refractivity contribution in [3.63, 3.8) is 0 Å². The molecule has 3 aromatic rings. The van der Waals surface area contributed by atoms with Gasteiger partial charge in [-0.05, 0) is 57.1 Å². The average molecular weight is 444 g/mol. The van der Waals surface area contributed by atoms with Crippen LogP contribution in [0.5, 0.6) is 0 Å². The molecule has 1 aromatic carbocycles. The summed E-state index contributed by atoms with van der Waals surface area (Å²) in [5, 5.41) is 0.987. The fourth-order valence-corrected chi connectivity index (χ4v) is 5.63. The largest absolute Gasteiger partial charge is 0.378 e. The van der Waals surface area contributed by atoms with E-state index in [1.54, 1.807) is 0 Å². The molecule has 3 atom stereocenters. The number of aromatic nitrogens is 3. The summed E-state index contributed by atoms with van der Waals surface area (Å²) >= 11 is 0. The molecule has 33 heavy (non-hydrogen) atoms. The van der Waals surface area contributed by atoms with Gasteiger partial charge in [-0.2, -0.15) is 0 Å². The summed E-state index contributed by atoms with van der Waals surface area (Å²) in [6, 6.07) is 5.99. The van der Waals surface area contributed by atoms with Crippen LogP contribution >= 0.6 is 0 Å². The summed E-state index contributed by atoms with van der Waals surface area (Å²) < 4.78 is 8.30. The minimum atomic E-state index is 0.195. The molecule has 0 radical (unpaired) electrons. The smallest absolute Gasteiger partial charge is 0.222 e. The molecule has 6 rings (SSSR count). The Balaban J connectivity index is 1.50. The van der Waals surface area contributed by atoms with Crippen LogP contribution in [0.25, 0.3) is 26.8 Å². The number of nitrogens with zero attached hydrogens (tertiary/aromatic N) is 5. The molecule has 7 nitrogen and oxygen atoms in total. The SMILES string of the molecule is [C-]#[N+]c1ccc2ncc3nc(C4CCC(=O)N(CC5CC5)C4)n([C@@H]4CCO[C@H](C)C4)c3c2c1. The summed E-state index contributed by atoms with van der Waals surface area (Å²) in [5.41, 5.74) is 3.46. The zero-order valence-electron chi connectivity index (χ0n) is 19.0. The number of hydrogen-bond donors (Lipinski definition) is 0. The van der Waals surface area contributed by atoms with Gasteiger partial charge in [0.25, 0.3) is 0 Å². The van der Waals surface area contributed by atoms with Gasteiger partial charge >= 0.3 is 0 Å². The third-order valence-corrected chi connectivity index (χ3v) is 7.52. The van der Waals surface area contributed by atoms with E-state index in [-0.39, 0.29) is 24.0 Å². The number of fused-ring (bicyclic) bond motifs is 3. The number of imidazole rings is 1. The maximum Gasteiger partial charge on any atom is 0.222 e. The molecule has 0 spiro atoms. The summed E-state index contributed by atoms with van der Waals surface area (Å²) in [4.78, 5) is 28.2. The topological polar surface area (TPSA) is 64.6 Å². The van der Waals surface area contributed by atoms with E-state index in [4.69, 9.17) is 16.3 Å². The van der Waals surface area contributed by atoms with E-state index in [2.05, 4.69) is 26.2 Å². The number of pyridine rings is 1. The van der Waals surface area contributed by atoms with Gasteiger partial charge < -0.3 is 14.2 Å². The Bertz CT molecular complexity index is 1270. The molecule has 170 valence electrons.